The molecule has 1 aromatic carbocycles. The minimum absolute atomic E-state index is 0.237. The van der Waals surface area contributed by atoms with E-state index in [0.29, 0.717) is 28.9 Å². The van der Waals surface area contributed by atoms with E-state index in [4.69, 9.17) is 10.5 Å². The van der Waals surface area contributed by atoms with Crippen molar-refractivity contribution in [3.05, 3.63) is 28.8 Å². The van der Waals surface area contributed by atoms with Crippen molar-refractivity contribution >= 4 is 5.97 Å². The van der Waals surface area contributed by atoms with Gasteiger partial charge in [-0.25, -0.2) is 4.79 Å². The van der Waals surface area contributed by atoms with E-state index in [-0.39, 0.29) is 11.4 Å². The summed E-state index contributed by atoms with van der Waals surface area (Å²) in [4.78, 5) is 12.2. The molecule has 2 saturated carbocycles. The summed E-state index contributed by atoms with van der Waals surface area (Å²) >= 11 is 0. The number of hydrogen-bond acceptors (Lipinski definition) is 3. The van der Waals surface area contributed by atoms with Crippen LogP contribution in [0.25, 0.3) is 0 Å². The van der Waals surface area contributed by atoms with Crippen molar-refractivity contribution in [3.63, 3.8) is 0 Å². The average molecular weight is 398 g/mol. The number of nitrogens with two attached hydrogens (primary N) is 1. The zero-order chi connectivity index (χ0) is 21.2. The molecule has 3 unspecified atom stereocenters. The molecular weight excluding hydrogens is 358 g/mol. The quantitative estimate of drug-likeness (QED) is 0.526. The van der Waals surface area contributed by atoms with Crippen LogP contribution in [0.15, 0.2) is 12.1 Å². The van der Waals surface area contributed by atoms with Gasteiger partial charge in [-0.1, -0.05) is 41.0 Å². The SMILES string of the molecule is CCC(N)C(=O)Oc1cc(C)c2c(c1)C[C@H]1C2(C)CCC2C(C)(C)CCC[C@@]21C. The monoisotopic (exact) mass is 397 g/mol. The van der Waals surface area contributed by atoms with Gasteiger partial charge in [-0.05, 0) is 102 Å². The number of rotatable bonds is 3. The van der Waals surface area contributed by atoms with Crippen molar-refractivity contribution in [1.82, 2.24) is 0 Å². The van der Waals surface area contributed by atoms with E-state index in [1.165, 1.54) is 48.8 Å². The lowest BCUT2D eigenvalue weighted by Gasteiger charge is -2.61. The van der Waals surface area contributed by atoms with Gasteiger partial charge in [-0.3, -0.25) is 0 Å². The van der Waals surface area contributed by atoms with Crippen LogP contribution in [0.5, 0.6) is 5.75 Å². The first-order valence-corrected chi connectivity index (χ1v) is 11.6. The normalized spacial score (nSPS) is 36.0. The summed E-state index contributed by atoms with van der Waals surface area (Å²) in [5.74, 6) is 1.82. The van der Waals surface area contributed by atoms with E-state index in [0.717, 1.165) is 12.3 Å². The summed E-state index contributed by atoms with van der Waals surface area (Å²) in [5, 5.41) is 0. The van der Waals surface area contributed by atoms with E-state index in [2.05, 4.69) is 46.8 Å². The first kappa shape index (κ1) is 20.9. The van der Waals surface area contributed by atoms with Gasteiger partial charge in [0, 0.05) is 0 Å². The molecule has 4 rings (SSSR count). The lowest BCUT2D eigenvalue weighted by molar-refractivity contribution is -0.135. The number of benzene rings is 1. The number of fused-ring (bicyclic) bond motifs is 5. The van der Waals surface area contributed by atoms with Crippen molar-refractivity contribution in [3.8, 4) is 5.75 Å². The van der Waals surface area contributed by atoms with Crippen LogP contribution in [0.2, 0.25) is 0 Å². The molecule has 0 heterocycles. The topological polar surface area (TPSA) is 52.3 Å². The highest BCUT2D eigenvalue weighted by molar-refractivity contribution is 5.78. The van der Waals surface area contributed by atoms with Gasteiger partial charge >= 0.3 is 5.97 Å². The molecule has 29 heavy (non-hydrogen) atoms. The smallest absolute Gasteiger partial charge is 0.328 e. The highest BCUT2D eigenvalue weighted by Crippen LogP contribution is 2.67. The molecule has 3 aliphatic carbocycles. The zero-order valence-corrected chi connectivity index (χ0v) is 19.2. The van der Waals surface area contributed by atoms with Crippen LogP contribution in [-0.2, 0) is 16.6 Å². The van der Waals surface area contributed by atoms with Crippen molar-refractivity contribution < 1.29 is 9.53 Å². The first-order valence-electron chi connectivity index (χ1n) is 11.6. The number of carbonyl (C=O) groups is 1. The molecule has 0 spiro atoms. The summed E-state index contributed by atoms with van der Waals surface area (Å²) < 4.78 is 5.66. The summed E-state index contributed by atoms with van der Waals surface area (Å²) in [7, 11) is 0. The van der Waals surface area contributed by atoms with E-state index in [9.17, 15) is 4.79 Å². The molecule has 3 heteroatoms. The Morgan fingerprint density at radius 3 is 2.59 bits per heavy atom. The Morgan fingerprint density at radius 1 is 1.17 bits per heavy atom. The van der Waals surface area contributed by atoms with Crippen LogP contribution in [-0.4, -0.2) is 12.0 Å². The Morgan fingerprint density at radius 2 is 1.90 bits per heavy atom. The summed E-state index contributed by atoms with van der Waals surface area (Å²) in [6.45, 7) is 14.2. The van der Waals surface area contributed by atoms with Gasteiger partial charge in [0.25, 0.3) is 0 Å². The third kappa shape index (κ3) is 3.07. The molecule has 0 bridgehead atoms. The van der Waals surface area contributed by atoms with E-state index >= 15 is 0 Å². The molecule has 5 atom stereocenters. The molecule has 0 saturated heterocycles. The van der Waals surface area contributed by atoms with E-state index in [1.54, 1.807) is 0 Å². The molecule has 0 amide bonds. The van der Waals surface area contributed by atoms with Gasteiger partial charge in [0.15, 0.2) is 0 Å². The number of esters is 1. The van der Waals surface area contributed by atoms with E-state index in [1.807, 2.05) is 6.92 Å². The first-order chi connectivity index (χ1) is 13.5. The molecule has 0 radical (unpaired) electrons. The highest BCUT2D eigenvalue weighted by atomic mass is 16.5. The largest absolute Gasteiger partial charge is 0.425 e. The molecule has 0 aromatic heterocycles. The number of aryl methyl sites for hydroxylation is 1. The van der Waals surface area contributed by atoms with Crippen molar-refractivity contribution in [2.75, 3.05) is 0 Å². The van der Waals surface area contributed by atoms with Crippen LogP contribution in [0, 0.1) is 29.6 Å². The number of hydrogen-bond donors (Lipinski definition) is 1. The Labute approximate surface area is 176 Å². The highest BCUT2D eigenvalue weighted by Gasteiger charge is 2.61. The van der Waals surface area contributed by atoms with Gasteiger partial charge in [0.2, 0.25) is 0 Å². The Bertz CT molecular complexity index is 828. The molecule has 2 N–H and O–H groups in total. The minimum Gasteiger partial charge on any atom is -0.425 e. The lowest BCUT2D eigenvalue weighted by atomic mass is 9.43. The summed E-state index contributed by atoms with van der Waals surface area (Å²) in [5.41, 5.74) is 11.1. The fraction of sp³-hybridized carbons (Fsp3) is 0.731. The predicted molar refractivity (Wildman–Crippen MR) is 118 cm³/mol. The van der Waals surface area contributed by atoms with Crippen molar-refractivity contribution in [2.24, 2.45) is 28.4 Å². The zero-order valence-electron chi connectivity index (χ0n) is 19.2. The Kier molecular flexibility index (Phi) is 4.93. The third-order valence-electron chi connectivity index (χ3n) is 9.14. The van der Waals surface area contributed by atoms with Gasteiger partial charge in [0.05, 0.1) is 0 Å². The average Bonchev–Trinajstić information content (AvgIpc) is 2.94. The van der Waals surface area contributed by atoms with Crippen LogP contribution in [0.1, 0.15) is 89.8 Å². The molecule has 3 nitrogen and oxygen atoms in total. The maximum Gasteiger partial charge on any atom is 0.328 e. The van der Waals surface area contributed by atoms with Gasteiger partial charge < -0.3 is 10.5 Å². The molecular formula is C26H39NO2. The van der Waals surface area contributed by atoms with Crippen LogP contribution in [0.3, 0.4) is 0 Å². The standard InChI is InChI=1S/C26H39NO2/c1-7-19(27)23(28)29-18-13-16(2)22-17(14-18)15-21-25(5)11-8-10-24(3,4)20(25)9-12-26(21,22)6/h13-14,19-21H,7-12,15,27H2,1-6H3/t19?,20?,21-,25+,26?/m1/s1. The van der Waals surface area contributed by atoms with Crippen LogP contribution in [0.4, 0.5) is 0 Å². The van der Waals surface area contributed by atoms with Gasteiger partial charge in [-0.15, -0.1) is 0 Å². The maximum absolute atomic E-state index is 12.2. The Balaban J connectivity index is 1.70. The van der Waals surface area contributed by atoms with Crippen molar-refractivity contribution in [1.29, 1.82) is 0 Å². The second-order valence-corrected chi connectivity index (χ2v) is 11.3. The minimum atomic E-state index is -0.548. The molecule has 1 aromatic rings. The predicted octanol–water partition coefficient (Wildman–Crippen LogP) is 5.69. The van der Waals surface area contributed by atoms with Gasteiger partial charge in [-0.2, -0.15) is 0 Å². The lowest BCUT2D eigenvalue weighted by Crippen LogP contribution is -2.55. The molecule has 160 valence electrons. The second kappa shape index (κ2) is 6.83. The summed E-state index contributed by atoms with van der Waals surface area (Å²) in [6.07, 6.45) is 8.37. The molecule has 3 aliphatic rings. The number of ether oxygens (including phenoxy) is 1. The van der Waals surface area contributed by atoms with Crippen LogP contribution >= 0.6 is 0 Å². The fourth-order valence-corrected chi connectivity index (χ4v) is 7.85. The number of carbonyl (C=O) groups excluding carboxylic acids is 1. The second-order valence-electron chi connectivity index (χ2n) is 11.3. The maximum atomic E-state index is 12.2. The fourth-order valence-electron chi connectivity index (χ4n) is 7.85. The molecule has 0 aliphatic heterocycles. The van der Waals surface area contributed by atoms with Crippen molar-refractivity contribution in [2.45, 2.75) is 97.9 Å². The van der Waals surface area contributed by atoms with E-state index < -0.39 is 6.04 Å². The summed E-state index contributed by atoms with van der Waals surface area (Å²) in [6, 6.07) is 3.65. The van der Waals surface area contributed by atoms with Crippen LogP contribution < -0.4 is 10.5 Å². The third-order valence-corrected chi connectivity index (χ3v) is 9.14. The van der Waals surface area contributed by atoms with Gasteiger partial charge in [0.1, 0.15) is 11.8 Å². The molecule has 2 fully saturated rings. The Hall–Kier alpha value is -1.35.